The van der Waals surface area contributed by atoms with Gasteiger partial charge in [0, 0.05) is 18.8 Å². The first-order chi connectivity index (χ1) is 15.8. The highest BCUT2D eigenvalue weighted by Crippen LogP contribution is 2.31. The first kappa shape index (κ1) is 32.4. The van der Waals surface area contributed by atoms with Crippen molar-refractivity contribution in [2.75, 3.05) is 0 Å². The van der Waals surface area contributed by atoms with E-state index in [2.05, 4.69) is 13.8 Å². The molecule has 4 nitrogen and oxygen atoms in total. The second-order valence-corrected chi connectivity index (χ2v) is 10.7. The van der Waals surface area contributed by atoms with Gasteiger partial charge in [-0.25, -0.2) is 0 Å². The molecule has 0 saturated carbocycles. The van der Waals surface area contributed by atoms with Crippen molar-refractivity contribution in [1.29, 1.82) is 0 Å². The second-order valence-electron chi connectivity index (χ2n) is 10.7. The maximum absolute atomic E-state index is 12.5. The molecule has 0 aromatic carbocycles. The third-order valence-corrected chi connectivity index (χ3v) is 6.79. The van der Waals surface area contributed by atoms with Crippen LogP contribution in [0.25, 0.3) is 0 Å². The largest absolute Gasteiger partial charge is 0.456 e. The van der Waals surface area contributed by atoms with E-state index in [1.54, 1.807) is 0 Å². The van der Waals surface area contributed by atoms with Crippen molar-refractivity contribution in [3.05, 3.63) is 0 Å². The van der Waals surface area contributed by atoms with Crippen molar-refractivity contribution in [3.63, 3.8) is 0 Å². The average molecular weight is 471 g/mol. The van der Waals surface area contributed by atoms with Gasteiger partial charge in [0.15, 0.2) is 6.10 Å². The van der Waals surface area contributed by atoms with Gasteiger partial charge in [0.25, 0.3) is 0 Å². The van der Waals surface area contributed by atoms with Crippen LogP contribution in [0.3, 0.4) is 0 Å². The summed E-state index contributed by atoms with van der Waals surface area (Å²) in [5.41, 5.74) is 0. The lowest BCUT2D eigenvalue weighted by Crippen LogP contribution is -2.50. The van der Waals surface area contributed by atoms with Crippen LogP contribution < -0.4 is 0 Å². The number of aliphatic hydroxyl groups is 2. The summed E-state index contributed by atoms with van der Waals surface area (Å²) >= 11 is 0. The van der Waals surface area contributed by atoms with E-state index in [0.717, 1.165) is 38.5 Å². The molecule has 0 amide bonds. The minimum atomic E-state index is -1.96. The van der Waals surface area contributed by atoms with Crippen LogP contribution in [-0.2, 0) is 9.53 Å². The summed E-state index contributed by atoms with van der Waals surface area (Å²) in [6.45, 7) is 10.3. The molecule has 0 aromatic heterocycles. The number of unbranched alkanes of at least 4 members (excludes halogenated alkanes) is 13. The van der Waals surface area contributed by atoms with Crippen LogP contribution in [0.5, 0.6) is 0 Å². The molecular weight excluding hydrogens is 412 g/mol. The predicted molar refractivity (Wildman–Crippen MR) is 140 cm³/mol. The van der Waals surface area contributed by atoms with Crippen LogP contribution in [-0.4, -0.2) is 28.1 Å². The average Bonchev–Trinajstić information content (AvgIpc) is 2.75. The molecule has 0 radical (unpaired) electrons. The van der Waals surface area contributed by atoms with Gasteiger partial charge in [-0.2, -0.15) is 0 Å². The molecule has 0 spiro atoms. The highest BCUT2D eigenvalue weighted by molar-refractivity contribution is 5.69. The fourth-order valence-corrected chi connectivity index (χ4v) is 4.81. The van der Waals surface area contributed by atoms with E-state index in [1.165, 1.54) is 70.6 Å². The van der Waals surface area contributed by atoms with Crippen molar-refractivity contribution in [2.45, 2.75) is 169 Å². The molecule has 4 heteroatoms. The van der Waals surface area contributed by atoms with Gasteiger partial charge >= 0.3 is 5.97 Å². The molecule has 0 saturated heterocycles. The second kappa shape index (κ2) is 20.7. The number of hydrogen-bond donors (Lipinski definition) is 2. The summed E-state index contributed by atoms with van der Waals surface area (Å²) in [6, 6.07) is 0. The zero-order valence-electron chi connectivity index (χ0n) is 22.9. The van der Waals surface area contributed by atoms with Gasteiger partial charge in [-0.1, -0.05) is 125 Å². The van der Waals surface area contributed by atoms with Gasteiger partial charge in [-0.3, -0.25) is 4.79 Å². The Labute approximate surface area is 206 Å². The first-order valence-corrected chi connectivity index (χ1v) is 14.4. The molecule has 0 aliphatic rings. The van der Waals surface area contributed by atoms with E-state index in [1.807, 2.05) is 20.8 Å². The Morgan fingerprint density at radius 3 is 1.61 bits per heavy atom. The maximum atomic E-state index is 12.5. The number of carbonyl (C=O) groups excluding carboxylic acids is 1. The maximum Gasteiger partial charge on any atom is 0.306 e. The van der Waals surface area contributed by atoms with Crippen molar-refractivity contribution >= 4 is 5.97 Å². The molecule has 2 N–H and O–H groups in total. The van der Waals surface area contributed by atoms with Crippen molar-refractivity contribution < 1.29 is 19.7 Å². The zero-order chi connectivity index (χ0) is 25.0. The minimum absolute atomic E-state index is 0.0192. The lowest BCUT2D eigenvalue weighted by Gasteiger charge is -2.37. The Morgan fingerprint density at radius 1 is 0.727 bits per heavy atom. The Morgan fingerprint density at radius 2 is 1.18 bits per heavy atom. The fraction of sp³-hybridized carbons (Fsp3) is 0.966. The van der Waals surface area contributed by atoms with E-state index >= 15 is 0 Å². The van der Waals surface area contributed by atoms with Gasteiger partial charge in [-0.05, 0) is 25.2 Å². The van der Waals surface area contributed by atoms with Crippen molar-refractivity contribution in [2.24, 2.45) is 11.8 Å². The highest BCUT2D eigenvalue weighted by atomic mass is 16.6. The monoisotopic (exact) mass is 470 g/mol. The SMILES string of the molecule is CCCCCCCCCCCCCCCC(=O)OC(C(CC)CCCC)C(O)(O)CC(C)C. The topological polar surface area (TPSA) is 66.8 Å². The molecule has 2 unspecified atom stereocenters. The van der Waals surface area contributed by atoms with E-state index in [9.17, 15) is 15.0 Å². The van der Waals surface area contributed by atoms with E-state index in [-0.39, 0.29) is 24.2 Å². The molecule has 0 rings (SSSR count). The Kier molecular flexibility index (Phi) is 20.4. The van der Waals surface area contributed by atoms with Crippen LogP contribution in [0, 0.1) is 11.8 Å². The van der Waals surface area contributed by atoms with Crippen molar-refractivity contribution in [1.82, 2.24) is 0 Å². The summed E-state index contributed by atoms with van der Waals surface area (Å²) in [4.78, 5) is 12.5. The summed E-state index contributed by atoms with van der Waals surface area (Å²) in [5.74, 6) is -2.15. The van der Waals surface area contributed by atoms with E-state index < -0.39 is 11.9 Å². The van der Waals surface area contributed by atoms with Gasteiger partial charge in [0.2, 0.25) is 5.79 Å². The molecule has 0 bridgehead atoms. The normalized spacial score (nSPS) is 13.9. The number of carbonyl (C=O) groups is 1. The molecule has 0 fully saturated rings. The Balaban J connectivity index is 4.19. The molecule has 33 heavy (non-hydrogen) atoms. The summed E-state index contributed by atoms with van der Waals surface area (Å²) < 4.78 is 5.73. The quantitative estimate of drug-likeness (QED) is 0.0894. The number of esters is 1. The minimum Gasteiger partial charge on any atom is -0.456 e. The van der Waals surface area contributed by atoms with Gasteiger partial charge in [0.05, 0.1) is 0 Å². The summed E-state index contributed by atoms with van der Waals surface area (Å²) in [6.07, 6.45) is 19.9. The highest BCUT2D eigenvalue weighted by Gasteiger charge is 2.42. The van der Waals surface area contributed by atoms with E-state index in [0.29, 0.717) is 6.42 Å². The standard InChI is InChI=1S/C29H58O4/c1-6-9-11-12-13-14-15-16-17-18-19-20-21-23-27(30)33-28(26(8-3)22-10-7-2)29(31,32)24-25(4)5/h25-26,28,31-32H,6-24H2,1-5H3. The summed E-state index contributed by atoms with van der Waals surface area (Å²) in [7, 11) is 0. The molecule has 0 aliphatic carbocycles. The lowest BCUT2D eigenvalue weighted by molar-refractivity contribution is -0.256. The third kappa shape index (κ3) is 17.5. The van der Waals surface area contributed by atoms with Crippen LogP contribution in [0.1, 0.15) is 157 Å². The molecule has 0 aromatic rings. The van der Waals surface area contributed by atoms with Gasteiger partial charge in [0.1, 0.15) is 0 Å². The Bertz CT molecular complexity index is 447. The lowest BCUT2D eigenvalue weighted by atomic mass is 9.85. The summed E-state index contributed by atoms with van der Waals surface area (Å²) in [5, 5.41) is 21.5. The Hall–Kier alpha value is -0.610. The molecule has 2 atom stereocenters. The van der Waals surface area contributed by atoms with Crippen molar-refractivity contribution in [3.8, 4) is 0 Å². The number of hydrogen-bond acceptors (Lipinski definition) is 4. The first-order valence-electron chi connectivity index (χ1n) is 14.4. The molecule has 0 heterocycles. The van der Waals surface area contributed by atoms with Crippen LogP contribution in [0.2, 0.25) is 0 Å². The zero-order valence-corrected chi connectivity index (χ0v) is 22.9. The third-order valence-electron chi connectivity index (χ3n) is 6.79. The molecule has 198 valence electrons. The predicted octanol–water partition coefficient (Wildman–Crippen LogP) is 8.32. The van der Waals surface area contributed by atoms with Crippen LogP contribution in [0.15, 0.2) is 0 Å². The fourth-order valence-electron chi connectivity index (χ4n) is 4.81. The van der Waals surface area contributed by atoms with Gasteiger partial charge < -0.3 is 14.9 Å². The molecule has 0 aliphatic heterocycles. The number of rotatable bonds is 23. The van der Waals surface area contributed by atoms with Crippen LogP contribution >= 0.6 is 0 Å². The number of ether oxygens (including phenoxy) is 1. The molecular formula is C29H58O4. The van der Waals surface area contributed by atoms with Gasteiger partial charge in [-0.15, -0.1) is 0 Å². The van der Waals surface area contributed by atoms with E-state index in [4.69, 9.17) is 4.74 Å². The smallest absolute Gasteiger partial charge is 0.306 e. The van der Waals surface area contributed by atoms with Crippen LogP contribution in [0.4, 0.5) is 0 Å².